The third-order valence-corrected chi connectivity index (χ3v) is 3.89. The SMILES string of the molecule is CC(C)(C)C1=CCN(Cc2cccc(CN)c2)CC1. The highest BCUT2D eigenvalue weighted by atomic mass is 15.1. The van der Waals surface area contributed by atoms with Crippen LogP contribution in [0.2, 0.25) is 0 Å². The van der Waals surface area contributed by atoms with E-state index >= 15 is 0 Å². The second-order valence-electron chi connectivity index (χ2n) is 6.49. The van der Waals surface area contributed by atoms with Crippen molar-refractivity contribution in [3.8, 4) is 0 Å². The van der Waals surface area contributed by atoms with Crippen molar-refractivity contribution in [2.75, 3.05) is 13.1 Å². The van der Waals surface area contributed by atoms with Crippen LogP contribution in [-0.2, 0) is 13.1 Å². The molecule has 1 aliphatic rings. The zero-order valence-corrected chi connectivity index (χ0v) is 12.4. The quantitative estimate of drug-likeness (QED) is 0.843. The molecule has 2 heteroatoms. The number of hydrogen-bond donors (Lipinski definition) is 1. The van der Waals surface area contributed by atoms with Crippen LogP contribution in [0.15, 0.2) is 35.9 Å². The summed E-state index contributed by atoms with van der Waals surface area (Å²) in [6, 6.07) is 8.63. The number of nitrogens with two attached hydrogens (primary N) is 1. The molecule has 1 aromatic carbocycles. The van der Waals surface area contributed by atoms with Crippen molar-refractivity contribution < 1.29 is 0 Å². The Morgan fingerprint density at radius 1 is 1.21 bits per heavy atom. The largest absolute Gasteiger partial charge is 0.326 e. The van der Waals surface area contributed by atoms with Gasteiger partial charge in [-0.3, -0.25) is 4.90 Å². The van der Waals surface area contributed by atoms with Gasteiger partial charge < -0.3 is 5.73 Å². The molecule has 1 aromatic rings. The van der Waals surface area contributed by atoms with E-state index in [1.807, 2.05) is 0 Å². The monoisotopic (exact) mass is 258 g/mol. The summed E-state index contributed by atoms with van der Waals surface area (Å²) in [6.07, 6.45) is 3.61. The zero-order valence-electron chi connectivity index (χ0n) is 12.4. The molecular weight excluding hydrogens is 232 g/mol. The molecule has 1 heterocycles. The lowest BCUT2D eigenvalue weighted by molar-refractivity contribution is 0.271. The van der Waals surface area contributed by atoms with Gasteiger partial charge in [0.05, 0.1) is 0 Å². The van der Waals surface area contributed by atoms with E-state index in [4.69, 9.17) is 5.73 Å². The van der Waals surface area contributed by atoms with Gasteiger partial charge in [0.2, 0.25) is 0 Å². The molecule has 0 radical (unpaired) electrons. The van der Waals surface area contributed by atoms with E-state index in [-0.39, 0.29) is 0 Å². The van der Waals surface area contributed by atoms with Crippen molar-refractivity contribution in [2.24, 2.45) is 11.1 Å². The average molecular weight is 258 g/mol. The molecule has 104 valence electrons. The maximum absolute atomic E-state index is 5.69. The fourth-order valence-electron chi connectivity index (χ4n) is 2.65. The first-order valence-corrected chi connectivity index (χ1v) is 7.19. The van der Waals surface area contributed by atoms with Crippen LogP contribution in [-0.4, -0.2) is 18.0 Å². The first kappa shape index (κ1) is 14.3. The Labute approximate surface area is 117 Å². The molecule has 1 aliphatic heterocycles. The third kappa shape index (κ3) is 3.92. The molecule has 0 bridgehead atoms. The van der Waals surface area contributed by atoms with Crippen molar-refractivity contribution >= 4 is 0 Å². The summed E-state index contributed by atoms with van der Waals surface area (Å²) >= 11 is 0. The van der Waals surface area contributed by atoms with Crippen LogP contribution in [0.3, 0.4) is 0 Å². The van der Waals surface area contributed by atoms with Crippen LogP contribution in [0, 0.1) is 5.41 Å². The lowest BCUT2D eigenvalue weighted by Gasteiger charge is -2.32. The van der Waals surface area contributed by atoms with Gasteiger partial charge in [-0.25, -0.2) is 0 Å². The van der Waals surface area contributed by atoms with Gasteiger partial charge in [0, 0.05) is 26.2 Å². The molecule has 0 aromatic heterocycles. The topological polar surface area (TPSA) is 29.3 Å². The van der Waals surface area contributed by atoms with Crippen molar-refractivity contribution in [3.05, 3.63) is 47.0 Å². The van der Waals surface area contributed by atoms with E-state index in [1.165, 1.54) is 17.5 Å². The number of nitrogens with zero attached hydrogens (tertiary/aromatic N) is 1. The van der Waals surface area contributed by atoms with Crippen molar-refractivity contribution in [1.29, 1.82) is 0 Å². The van der Waals surface area contributed by atoms with Gasteiger partial charge >= 0.3 is 0 Å². The highest BCUT2D eigenvalue weighted by Crippen LogP contribution is 2.30. The lowest BCUT2D eigenvalue weighted by atomic mass is 9.83. The van der Waals surface area contributed by atoms with Crippen LogP contribution in [0.5, 0.6) is 0 Å². The number of rotatable bonds is 3. The van der Waals surface area contributed by atoms with Crippen LogP contribution >= 0.6 is 0 Å². The number of benzene rings is 1. The summed E-state index contributed by atoms with van der Waals surface area (Å²) < 4.78 is 0. The van der Waals surface area contributed by atoms with Gasteiger partial charge in [0.25, 0.3) is 0 Å². The molecule has 2 nitrogen and oxygen atoms in total. The van der Waals surface area contributed by atoms with Gasteiger partial charge in [-0.2, -0.15) is 0 Å². The Hall–Kier alpha value is -1.12. The third-order valence-electron chi connectivity index (χ3n) is 3.89. The molecule has 19 heavy (non-hydrogen) atoms. The Bertz CT molecular complexity index is 455. The first-order valence-electron chi connectivity index (χ1n) is 7.19. The van der Waals surface area contributed by atoms with E-state index in [2.05, 4.69) is 56.0 Å². The van der Waals surface area contributed by atoms with Crippen molar-refractivity contribution in [3.63, 3.8) is 0 Å². The lowest BCUT2D eigenvalue weighted by Crippen LogP contribution is -2.30. The minimum absolute atomic E-state index is 0.325. The molecule has 2 N–H and O–H groups in total. The van der Waals surface area contributed by atoms with Crippen molar-refractivity contribution in [2.45, 2.75) is 40.3 Å². The zero-order chi connectivity index (χ0) is 13.9. The summed E-state index contributed by atoms with van der Waals surface area (Å²) in [5.74, 6) is 0. The summed E-state index contributed by atoms with van der Waals surface area (Å²) in [5, 5.41) is 0. The molecule has 0 unspecified atom stereocenters. The summed E-state index contributed by atoms with van der Waals surface area (Å²) in [5.41, 5.74) is 10.2. The van der Waals surface area contributed by atoms with Crippen LogP contribution in [0.4, 0.5) is 0 Å². The smallest absolute Gasteiger partial charge is 0.0237 e. The maximum atomic E-state index is 5.69. The highest BCUT2D eigenvalue weighted by molar-refractivity contribution is 5.24. The Morgan fingerprint density at radius 3 is 2.53 bits per heavy atom. The summed E-state index contributed by atoms with van der Waals surface area (Å²) in [7, 11) is 0. The molecule has 0 fully saturated rings. The average Bonchev–Trinajstić information content (AvgIpc) is 2.38. The normalized spacial score (nSPS) is 17.4. The maximum Gasteiger partial charge on any atom is 0.0237 e. The van der Waals surface area contributed by atoms with Crippen molar-refractivity contribution in [1.82, 2.24) is 4.90 Å². The highest BCUT2D eigenvalue weighted by Gasteiger charge is 2.21. The van der Waals surface area contributed by atoms with Crippen LogP contribution < -0.4 is 5.73 Å². The Kier molecular flexibility index (Phi) is 4.43. The molecule has 2 rings (SSSR count). The molecule has 0 amide bonds. The second-order valence-corrected chi connectivity index (χ2v) is 6.49. The fraction of sp³-hybridized carbons (Fsp3) is 0.529. The summed E-state index contributed by atoms with van der Waals surface area (Å²) in [6.45, 7) is 10.8. The first-order chi connectivity index (χ1) is 8.99. The standard InChI is InChI=1S/C17H26N2/c1-17(2,3)16-7-9-19(10-8-16)13-15-6-4-5-14(11-15)12-18/h4-7,11H,8-10,12-13,18H2,1-3H3. The molecule has 0 atom stereocenters. The van der Waals surface area contributed by atoms with Gasteiger partial charge in [-0.1, -0.05) is 56.7 Å². The Balaban J connectivity index is 1.97. The number of hydrogen-bond acceptors (Lipinski definition) is 2. The van der Waals surface area contributed by atoms with E-state index in [0.717, 1.165) is 19.6 Å². The van der Waals surface area contributed by atoms with E-state index in [9.17, 15) is 0 Å². The van der Waals surface area contributed by atoms with Crippen LogP contribution in [0.1, 0.15) is 38.3 Å². The molecular formula is C17H26N2. The van der Waals surface area contributed by atoms with E-state index in [1.54, 1.807) is 5.57 Å². The minimum Gasteiger partial charge on any atom is -0.326 e. The van der Waals surface area contributed by atoms with Gasteiger partial charge in [0.15, 0.2) is 0 Å². The molecule has 0 saturated carbocycles. The second kappa shape index (κ2) is 5.89. The predicted molar refractivity (Wildman–Crippen MR) is 81.8 cm³/mol. The minimum atomic E-state index is 0.325. The molecule has 0 saturated heterocycles. The van der Waals surface area contributed by atoms with E-state index < -0.39 is 0 Å². The molecule has 0 aliphatic carbocycles. The van der Waals surface area contributed by atoms with Gasteiger partial charge in [-0.15, -0.1) is 0 Å². The van der Waals surface area contributed by atoms with Gasteiger partial charge in [-0.05, 0) is 23.0 Å². The fourth-order valence-corrected chi connectivity index (χ4v) is 2.65. The Morgan fingerprint density at radius 2 is 1.95 bits per heavy atom. The predicted octanol–water partition coefficient (Wildman–Crippen LogP) is 3.32. The van der Waals surface area contributed by atoms with Gasteiger partial charge in [0.1, 0.15) is 0 Å². The summed E-state index contributed by atoms with van der Waals surface area (Å²) in [4.78, 5) is 2.50. The van der Waals surface area contributed by atoms with Crippen LogP contribution in [0.25, 0.3) is 0 Å². The molecule has 0 spiro atoms. The van der Waals surface area contributed by atoms with E-state index in [0.29, 0.717) is 12.0 Å².